The van der Waals surface area contributed by atoms with Gasteiger partial charge < -0.3 is 10.4 Å². The minimum atomic E-state index is -4.50. The van der Waals surface area contributed by atoms with E-state index in [0.29, 0.717) is 0 Å². The normalized spacial score (nSPS) is 13.9. The van der Waals surface area contributed by atoms with Crippen molar-refractivity contribution in [2.24, 2.45) is 5.92 Å². The molecule has 0 aliphatic heterocycles. The number of hydrogen-bond acceptors (Lipinski definition) is 4. The van der Waals surface area contributed by atoms with E-state index >= 15 is 0 Å². The summed E-state index contributed by atoms with van der Waals surface area (Å²) in [4.78, 5) is 4.02. The van der Waals surface area contributed by atoms with Crippen LogP contribution in [0, 0.1) is 5.92 Å². The lowest BCUT2D eigenvalue weighted by atomic mass is 10.1. The largest absolute Gasteiger partial charge is 0.435 e. The Bertz CT molecular complexity index is 594. The lowest BCUT2D eigenvalue weighted by molar-refractivity contribution is -0.141. The number of halogens is 3. The van der Waals surface area contributed by atoms with Crippen LogP contribution in [0.1, 0.15) is 19.5 Å². The third-order valence-corrected chi connectivity index (χ3v) is 3.00. The molecule has 2 heterocycles. The Labute approximate surface area is 113 Å². The van der Waals surface area contributed by atoms with Gasteiger partial charge in [0.25, 0.3) is 0 Å². The van der Waals surface area contributed by atoms with Gasteiger partial charge in [-0.25, -0.2) is 9.50 Å². The number of nitrogens with one attached hydrogen (secondary N) is 1. The summed E-state index contributed by atoms with van der Waals surface area (Å²) in [5.74, 6) is 0.371. The number of nitrogens with zero attached hydrogens (tertiary/aromatic N) is 3. The molecular weight excluding hydrogens is 273 g/mol. The molecule has 1 unspecified atom stereocenters. The molecule has 0 saturated heterocycles. The van der Waals surface area contributed by atoms with Gasteiger partial charge in [-0.2, -0.15) is 18.3 Å². The molecule has 0 spiro atoms. The summed E-state index contributed by atoms with van der Waals surface area (Å²) < 4.78 is 39.1. The van der Waals surface area contributed by atoms with E-state index in [-0.39, 0.29) is 29.9 Å². The van der Waals surface area contributed by atoms with Gasteiger partial charge in [0.15, 0.2) is 11.5 Å². The monoisotopic (exact) mass is 288 g/mol. The molecular formula is C12H15F3N4O. The molecule has 2 rings (SSSR count). The van der Waals surface area contributed by atoms with E-state index in [1.807, 2.05) is 13.8 Å². The van der Waals surface area contributed by atoms with Gasteiger partial charge in [0, 0.05) is 18.5 Å². The van der Waals surface area contributed by atoms with E-state index in [1.165, 1.54) is 12.4 Å². The number of alkyl halides is 3. The summed E-state index contributed by atoms with van der Waals surface area (Å²) in [5, 5.41) is 15.7. The second-order valence-electron chi connectivity index (χ2n) is 4.81. The highest BCUT2D eigenvalue weighted by Gasteiger charge is 2.34. The molecule has 0 amide bonds. The van der Waals surface area contributed by atoms with Crippen LogP contribution in [0.4, 0.5) is 19.0 Å². The zero-order valence-electron chi connectivity index (χ0n) is 11.0. The summed E-state index contributed by atoms with van der Waals surface area (Å²) in [6, 6.07) is 0.641. The van der Waals surface area contributed by atoms with E-state index < -0.39 is 11.9 Å². The number of hydrogen-bond donors (Lipinski definition) is 2. The first kappa shape index (κ1) is 14.6. The van der Waals surface area contributed by atoms with Gasteiger partial charge in [-0.3, -0.25) is 0 Å². The molecule has 0 aliphatic rings. The first-order valence-corrected chi connectivity index (χ1v) is 6.12. The van der Waals surface area contributed by atoms with Crippen molar-refractivity contribution in [3.8, 4) is 0 Å². The number of aromatic nitrogens is 3. The second kappa shape index (κ2) is 5.28. The van der Waals surface area contributed by atoms with Crippen molar-refractivity contribution in [1.82, 2.24) is 14.6 Å². The fourth-order valence-corrected chi connectivity index (χ4v) is 1.77. The molecule has 0 aromatic carbocycles. The zero-order chi connectivity index (χ0) is 14.9. The summed E-state index contributed by atoms with van der Waals surface area (Å²) >= 11 is 0. The van der Waals surface area contributed by atoms with E-state index in [4.69, 9.17) is 0 Å². The molecule has 0 bridgehead atoms. The minimum absolute atomic E-state index is 0.104. The Morgan fingerprint density at radius 3 is 2.65 bits per heavy atom. The lowest BCUT2D eigenvalue weighted by Gasteiger charge is -2.20. The molecule has 2 aromatic heterocycles. The van der Waals surface area contributed by atoms with Crippen molar-refractivity contribution in [3.05, 3.63) is 24.2 Å². The number of rotatable bonds is 4. The molecule has 0 radical (unpaired) electrons. The van der Waals surface area contributed by atoms with Crippen molar-refractivity contribution in [2.45, 2.75) is 26.1 Å². The first-order valence-electron chi connectivity index (χ1n) is 6.12. The molecule has 5 nitrogen and oxygen atoms in total. The van der Waals surface area contributed by atoms with Gasteiger partial charge >= 0.3 is 6.18 Å². The van der Waals surface area contributed by atoms with Gasteiger partial charge in [-0.1, -0.05) is 13.8 Å². The smallest absolute Gasteiger partial charge is 0.394 e. The molecule has 0 fully saturated rings. The number of fused-ring (bicyclic) bond motifs is 1. The number of anilines is 1. The summed E-state index contributed by atoms with van der Waals surface area (Å²) in [6.07, 6.45) is -1.80. The van der Waals surface area contributed by atoms with Crippen molar-refractivity contribution in [3.63, 3.8) is 0 Å². The first-order chi connectivity index (χ1) is 9.32. The predicted molar refractivity (Wildman–Crippen MR) is 67.3 cm³/mol. The highest BCUT2D eigenvalue weighted by Crippen LogP contribution is 2.30. The van der Waals surface area contributed by atoms with E-state index in [0.717, 1.165) is 10.6 Å². The van der Waals surface area contributed by atoms with E-state index in [1.54, 1.807) is 0 Å². The van der Waals surface area contributed by atoms with Crippen molar-refractivity contribution < 1.29 is 18.3 Å². The maximum absolute atomic E-state index is 12.7. The Morgan fingerprint density at radius 1 is 1.40 bits per heavy atom. The number of aliphatic hydroxyl groups excluding tert-OH is 1. The Hall–Kier alpha value is -1.83. The highest BCUT2D eigenvalue weighted by molar-refractivity contribution is 5.68. The molecule has 0 saturated carbocycles. The Kier molecular flexibility index (Phi) is 3.85. The van der Waals surface area contributed by atoms with Gasteiger partial charge in [0.2, 0.25) is 0 Å². The molecule has 0 aliphatic carbocycles. The molecule has 1 atom stereocenters. The van der Waals surface area contributed by atoms with Crippen molar-refractivity contribution in [2.75, 3.05) is 11.9 Å². The standard InChI is InChI=1S/C12H15F3N4O/c1-7(2)8(6-20)17-11-9-5-10(12(13,14)15)18-19(9)4-3-16-11/h3-5,7-8,20H,6H2,1-2H3,(H,16,17). The quantitative estimate of drug-likeness (QED) is 0.905. The van der Waals surface area contributed by atoms with Crippen LogP contribution in [-0.4, -0.2) is 32.4 Å². The Morgan fingerprint density at radius 2 is 2.10 bits per heavy atom. The third kappa shape index (κ3) is 2.84. The average Bonchev–Trinajstić information content (AvgIpc) is 2.79. The lowest BCUT2D eigenvalue weighted by Crippen LogP contribution is -2.30. The summed E-state index contributed by atoms with van der Waals surface area (Å²) in [7, 11) is 0. The second-order valence-corrected chi connectivity index (χ2v) is 4.81. The fraction of sp³-hybridized carbons (Fsp3) is 0.500. The minimum Gasteiger partial charge on any atom is -0.394 e. The molecule has 20 heavy (non-hydrogen) atoms. The highest BCUT2D eigenvalue weighted by atomic mass is 19.4. The zero-order valence-corrected chi connectivity index (χ0v) is 11.0. The molecule has 2 aromatic rings. The molecule has 8 heteroatoms. The van der Waals surface area contributed by atoms with Crippen LogP contribution >= 0.6 is 0 Å². The van der Waals surface area contributed by atoms with E-state index in [9.17, 15) is 18.3 Å². The summed E-state index contributed by atoms with van der Waals surface area (Å²) in [6.45, 7) is 3.65. The fourth-order valence-electron chi connectivity index (χ4n) is 1.77. The van der Waals surface area contributed by atoms with Crippen LogP contribution < -0.4 is 5.32 Å². The van der Waals surface area contributed by atoms with Crippen LogP contribution in [0.2, 0.25) is 0 Å². The van der Waals surface area contributed by atoms with Crippen LogP contribution in [0.15, 0.2) is 18.5 Å². The van der Waals surface area contributed by atoms with Crippen molar-refractivity contribution >= 4 is 11.3 Å². The van der Waals surface area contributed by atoms with Crippen LogP contribution in [-0.2, 0) is 6.18 Å². The summed E-state index contributed by atoms with van der Waals surface area (Å²) in [5.41, 5.74) is -0.752. The van der Waals surface area contributed by atoms with Gasteiger partial charge in [-0.15, -0.1) is 0 Å². The molecule has 110 valence electrons. The molecule has 2 N–H and O–H groups in total. The SMILES string of the molecule is CC(C)C(CO)Nc1nccn2nc(C(F)(F)F)cc12. The van der Waals surface area contributed by atoms with Gasteiger partial charge in [-0.05, 0) is 5.92 Å². The van der Waals surface area contributed by atoms with Gasteiger partial charge in [0.1, 0.15) is 5.52 Å². The Balaban J connectivity index is 2.41. The predicted octanol–water partition coefficient (Wildman–Crippen LogP) is 2.18. The third-order valence-electron chi connectivity index (χ3n) is 3.00. The maximum atomic E-state index is 12.7. The van der Waals surface area contributed by atoms with E-state index in [2.05, 4.69) is 15.4 Å². The maximum Gasteiger partial charge on any atom is 0.435 e. The average molecular weight is 288 g/mol. The van der Waals surface area contributed by atoms with Crippen LogP contribution in [0.5, 0.6) is 0 Å². The number of aliphatic hydroxyl groups is 1. The van der Waals surface area contributed by atoms with Crippen LogP contribution in [0.25, 0.3) is 5.52 Å². The topological polar surface area (TPSA) is 62.5 Å². The van der Waals surface area contributed by atoms with Crippen LogP contribution in [0.3, 0.4) is 0 Å². The van der Waals surface area contributed by atoms with Crippen molar-refractivity contribution in [1.29, 1.82) is 0 Å². The van der Waals surface area contributed by atoms with Gasteiger partial charge in [0.05, 0.1) is 12.6 Å².